The number of aldehydes is 1. The molecule has 94 valence electrons. The monoisotopic (exact) mass is 254 g/mol. The van der Waals surface area contributed by atoms with Gasteiger partial charge in [-0.05, 0) is 35.7 Å². The van der Waals surface area contributed by atoms with Gasteiger partial charge in [-0.25, -0.2) is 4.39 Å². The Morgan fingerprint density at radius 3 is 2.95 bits per heavy atom. The third-order valence-corrected chi connectivity index (χ3v) is 3.03. The number of hydrogen-bond donors (Lipinski definition) is 1. The number of halogens is 1. The zero-order chi connectivity index (χ0) is 13.2. The quantitative estimate of drug-likeness (QED) is 0.730. The van der Waals surface area contributed by atoms with Crippen molar-refractivity contribution < 1.29 is 9.18 Å². The van der Waals surface area contributed by atoms with Crippen LogP contribution in [0.5, 0.6) is 0 Å². The van der Waals surface area contributed by atoms with Gasteiger partial charge in [-0.15, -0.1) is 0 Å². The maximum Gasteiger partial charge on any atom is 0.153 e. The topological polar surface area (TPSA) is 45.8 Å². The van der Waals surface area contributed by atoms with E-state index in [1.807, 2.05) is 12.1 Å². The van der Waals surface area contributed by atoms with Crippen LogP contribution in [0.2, 0.25) is 0 Å². The van der Waals surface area contributed by atoms with E-state index >= 15 is 0 Å². The smallest absolute Gasteiger partial charge is 0.153 e. The van der Waals surface area contributed by atoms with Crippen molar-refractivity contribution in [2.75, 3.05) is 0 Å². The number of aromatic amines is 1. The summed E-state index contributed by atoms with van der Waals surface area (Å²) < 4.78 is 13.1. The van der Waals surface area contributed by atoms with Crippen LogP contribution in [-0.2, 0) is 6.42 Å². The number of pyridine rings is 1. The Morgan fingerprint density at radius 2 is 2.16 bits per heavy atom. The van der Waals surface area contributed by atoms with Crippen molar-refractivity contribution in [1.82, 2.24) is 9.97 Å². The van der Waals surface area contributed by atoms with Gasteiger partial charge in [-0.2, -0.15) is 0 Å². The van der Waals surface area contributed by atoms with Crippen LogP contribution in [0.1, 0.15) is 21.5 Å². The minimum absolute atomic E-state index is 0.241. The highest BCUT2D eigenvalue weighted by molar-refractivity contribution is 5.94. The molecule has 3 nitrogen and oxygen atoms in total. The van der Waals surface area contributed by atoms with Crippen molar-refractivity contribution in [3.05, 3.63) is 65.2 Å². The molecule has 0 spiro atoms. The first-order valence-corrected chi connectivity index (χ1v) is 5.92. The fraction of sp³-hybridized carbons (Fsp3) is 0.0667. The molecule has 0 saturated heterocycles. The summed E-state index contributed by atoms with van der Waals surface area (Å²) in [6.07, 6.45) is 4.74. The highest BCUT2D eigenvalue weighted by Crippen LogP contribution is 2.17. The Labute approximate surface area is 109 Å². The van der Waals surface area contributed by atoms with Crippen LogP contribution in [0.3, 0.4) is 0 Å². The molecular formula is C15H11FN2O. The number of aromatic nitrogens is 2. The van der Waals surface area contributed by atoms with Gasteiger partial charge in [0.15, 0.2) is 6.29 Å². The van der Waals surface area contributed by atoms with Crippen LogP contribution in [-0.4, -0.2) is 16.3 Å². The lowest BCUT2D eigenvalue weighted by Crippen LogP contribution is -1.91. The number of rotatable bonds is 3. The molecule has 3 aromatic rings. The summed E-state index contributed by atoms with van der Waals surface area (Å²) in [5.74, 6) is -0.241. The number of carbonyl (C=O) groups is 1. The fourth-order valence-electron chi connectivity index (χ4n) is 2.14. The second kappa shape index (κ2) is 4.65. The van der Waals surface area contributed by atoms with Gasteiger partial charge in [0.05, 0.1) is 16.6 Å². The Hall–Kier alpha value is -2.49. The van der Waals surface area contributed by atoms with Crippen LogP contribution in [0.15, 0.2) is 42.7 Å². The first-order chi connectivity index (χ1) is 9.26. The molecule has 0 saturated carbocycles. The molecule has 1 N–H and O–H groups in total. The van der Waals surface area contributed by atoms with E-state index in [0.29, 0.717) is 17.5 Å². The maximum atomic E-state index is 13.1. The molecule has 0 radical (unpaired) electrons. The van der Waals surface area contributed by atoms with Crippen LogP contribution in [0.25, 0.3) is 11.0 Å². The molecule has 0 aliphatic rings. The SMILES string of the molecule is O=Cc1c[nH]c2cc(Cc3cccc(F)c3)cnc12. The van der Waals surface area contributed by atoms with Crippen LogP contribution in [0, 0.1) is 5.82 Å². The molecule has 0 aliphatic heterocycles. The van der Waals surface area contributed by atoms with Crippen LogP contribution < -0.4 is 0 Å². The molecule has 0 bridgehead atoms. The molecule has 19 heavy (non-hydrogen) atoms. The van der Waals surface area contributed by atoms with E-state index in [-0.39, 0.29) is 5.82 Å². The number of nitrogens with one attached hydrogen (secondary N) is 1. The van der Waals surface area contributed by atoms with E-state index in [9.17, 15) is 9.18 Å². The molecule has 0 aliphatic carbocycles. The standard InChI is InChI=1S/C15H11FN2O/c16-13-3-1-2-10(5-13)4-11-6-14-15(18-7-11)12(9-19)8-17-14/h1-3,5-9,17H,4H2. The van der Waals surface area contributed by atoms with E-state index < -0.39 is 0 Å². The number of benzene rings is 1. The Bertz CT molecular complexity index is 749. The maximum absolute atomic E-state index is 13.1. The van der Waals surface area contributed by atoms with E-state index in [4.69, 9.17) is 0 Å². The van der Waals surface area contributed by atoms with Gasteiger partial charge in [-0.1, -0.05) is 12.1 Å². The first-order valence-electron chi connectivity index (χ1n) is 5.92. The molecule has 0 amide bonds. The highest BCUT2D eigenvalue weighted by atomic mass is 19.1. The molecule has 3 rings (SSSR count). The first kappa shape index (κ1) is 11.6. The summed E-state index contributed by atoms with van der Waals surface area (Å²) in [5.41, 5.74) is 3.89. The second-order valence-electron chi connectivity index (χ2n) is 4.41. The minimum Gasteiger partial charge on any atom is -0.359 e. The van der Waals surface area contributed by atoms with Crippen molar-refractivity contribution in [3.63, 3.8) is 0 Å². The van der Waals surface area contributed by atoms with Gasteiger partial charge in [0.1, 0.15) is 5.82 Å². The Morgan fingerprint density at radius 1 is 1.26 bits per heavy atom. The molecule has 2 heterocycles. The summed E-state index contributed by atoms with van der Waals surface area (Å²) in [5, 5.41) is 0. The lowest BCUT2D eigenvalue weighted by Gasteiger charge is -2.02. The Kier molecular flexibility index (Phi) is 2.83. The summed E-state index contributed by atoms with van der Waals surface area (Å²) in [4.78, 5) is 18.1. The van der Waals surface area contributed by atoms with Crippen molar-refractivity contribution >= 4 is 17.3 Å². The largest absolute Gasteiger partial charge is 0.359 e. The minimum atomic E-state index is -0.241. The van der Waals surface area contributed by atoms with Crippen molar-refractivity contribution in [2.24, 2.45) is 0 Å². The lowest BCUT2D eigenvalue weighted by atomic mass is 10.1. The van der Waals surface area contributed by atoms with E-state index in [1.54, 1.807) is 18.5 Å². The zero-order valence-corrected chi connectivity index (χ0v) is 10.1. The van der Waals surface area contributed by atoms with Gasteiger partial charge in [0.2, 0.25) is 0 Å². The lowest BCUT2D eigenvalue weighted by molar-refractivity contribution is 0.112. The highest BCUT2D eigenvalue weighted by Gasteiger charge is 2.05. The summed E-state index contributed by atoms with van der Waals surface area (Å²) in [7, 11) is 0. The van der Waals surface area contributed by atoms with Gasteiger partial charge in [-0.3, -0.25) is 9.78 Å². The average molecular weight is 254 g/mol. The summed E-state index contributed by atoms with van der Waals surface area (Å²) in [6.45, 7) is 0. The van der Waals surface area contributed by atoms with Gasteiger partial charge in [0.25, 0.3) is 0 Å². The number of fused-ring (bicyclic) bond motifs is 1. The van der Waals surface area contributed by atoms with Crippen molar-refractivity contribution in [3.8, 4) is 0 Å². The predicted octanol–water partition coefficient (Wildman–Crippen LogP) is 3.11. The van der Waals surface area contributed by atoms with Gasteiger partial charge in [0, 0.05) is 12.4 Å². The normalized spacial score (nSPS) is 10.8. The molecule has 4 heteroatoms. The molecular weight excluding hydrogens is 243 g/mol. The third kappa shape index (κ3) is 2.25. The molecule has 2 aromatic heterocycles. The third-order valence-electron chi connectivity index (χ3n) is 3.03. The summed E-state index contributed by atoms with van der Waals surface area (Å²) in [6, 6.07) is 8.43. The van der Waals surface area contributed by atoms with Crippen LogP contribution in [0.4, 0.5) is 4.39 Å². The van der Waals surface area contributed by atoms with Crippen molar-refractivity contribution in [1.29, 1.82) is 0 Å². The number of carbonyl (C=O) groups excluding carboxylic acids is 1. The number of hydrogen-bond acceptors (Lipinski definition) is 2. The van der Waals surface area contributed by atoms with E-state index in [0.717, 1.165) is 22.9 Å². The van der Waals surface area contributed by atoms with Crippen LogP contribution >= 0.6 is 0 Å². The van der Waals surface area contributed by atoms with Gasteiger partial charge < -0.3 is 4.98 Å². The fourth-order valence-corrected chi connectivity index (χ4v) is 2.14. The summed E-state index contributed by atoms with van der Waals surface area (Å²) >= 11 is 0. The van der Waals surface area contributed by atoms with E-state index in [1.165, 1.54) is 12.1 Å². The number of nitrogens with zero attached hydrogens (tertiary/aromatic N) is 1. The average Bonchev–Trinajstić information content (AvgIpc) is 2.81. The molecule has 0 atom stereocenters. The predicted molar refractivity (Wildman–Crippen MR) is 70.7 cm³/mol. The van der Waals surface area contributed by atoms with Gasteiger partial charge >= 0.3 is 0 Å². The molecule has 0 unspecified atom stereocenters. The van der Waals surface area contributed by atoms with Crippen molar-refractivity contribution in [2.45, 2.75) is 6.42 Å². The molecule has 1 aromatic carbocycles. The second-order valence-corrected chi connectivity index (χ2v) is 4.41. The Balaban J connectivity index is 1.95. The molecule has 0 fully saturated rings. The van der Waals surface area contributed by atoms with E-state index in [2.05, 4.69) is 9.97 Å². The zero-order valence-electron chi connectivity index (χ0n) is 10.1. The number of H-pyrrole nitrogens is 1.